The summed E-state index contributed by atoms with van der Waals surface area (Å²) in [5.74, 6) is 0. The molecule has 0 aromatic heterocycles. The van der Waals surface area contributed by atoms with E-state index in [4.69, 9.17) is 4.74 Å². The molecule has 1 saturated heterocycles. The second-order valence-electron chi connectivity index (χ2n) is 2.43. The van der Waals surface area contributed by atoms with Gasteiger partial charge in [0.05, 0.1) is 0 Å². The zero-order valence-corrected chi connectivity index (χ0v) is 7.76. The van der Waals surface area contributed by atoms with Crippen molar-refractivity contribution in [3.63, 3.8) is 0 Å². The van der Waals surface area contributed by atoms with Gasteiger partial charge in [0.15, 0.2) is 10.3 Å². The third kappa shape index (κ3) is 5.14. The van der Waals surface area contributed by atoms with E-state index in [0.717, 1.165) is 12.8 Å². The minimum atomic E-state index is -4.35. The van der Waals surface area contributed by atoms with Crippen molar-refractivity contribution in [2.75, 3.05) is 6.61 Å². The van der Waals surface area contributed by atoms with Gasteiger partial charge >= 0.3 is 18.9 Å². The molecule has 1 rings (SSSR count). The van der Waals surface area contributed by atoms with E-state index in [-0.39, 0.29) is 18.9 Å². The maximum Gasteiger partial charge on any atom is 1.00 e. The first-order valence-electron chi connectivity index (χ1n) is 3.43. The standard InChI is InChI=1S/C5H11NO4S.Li/c7-11(8,9)6-5-3-1-2-4-10-5;/h5-6H,1-4H2,(H,7,8,9);/q;+1/p-1. The van der Waals surface area contributed by atoms with Gasteiger partial charge in [-0.1, -0.05) is 0 Å². The molecule has 1 heterocycles. The fraction of sp³-hybridized carbons (Fsp3) is 1.00. The molecule has 0 aromatic carbocycles. The van der Waals surface area contributed by atoms with Crippen molar-refractivity contribution in [2.24, 2.45) is 0 Å². The van der Waals surface area contributed by atoms with Crippen LogP contribution in [0.3, 0.4) is 0 Å². The molecule has 5 nitrogen and oxygen atoms in total. The van der Waals surface area contributed by atoms with E-state index in [1.807, 2.05) is 4.72 Å². The molecule has 1 unspecified atom stereocenters. The van der Waals surface area contributed by atoms with Crippen LogP contribution in [0.2, 0.25) is 0 Å². The maximum absolute atomic E-state index is 10.2. The minimum Gasteiger partial charge on any atom is -0.735 e. The van der Waals surface area contributed by atoms with Gasteiger partial charge in [0.2, 0.25) is 0 Å². The molecule has 0 aliphatic carbocycles. The first-order chi connectivity index (χ1) is 5.08. The van der Waals surface area contributed by atoms with Gasteiger partial charge in [-0.05, 0) is 19.3 Å². The molecule has 1 fully saturated rings. The van der Waals surface area contributed by atoms with Crippen LogP contribution in [0.1, 0.15) is 19.3 Å². The van der Waals surface area contributed by atoms with Crippen molar-refractivity contribution in [3.8, 4) is 0 Å². The fourth-order valence-electron chi connectivity index (χ4n) is 0.995. The van der Waals surface area contributed by atoms with Gasteiger partial charge in [0.25, 0.3) is 0 Å². The Morgan fingerprint density at radius 3 is 2.50 bits per heavy atom. The summed E-state index contributed by atoms with van der Waals surface area (Å²) < 4.78 is 37.3. The Kier molecular flexibility index (Phi) is 5.41. The van der Waals surface area contributed by atoms with Crippen LogP contribution in [0.15, 0.2) is 0 Å². The van der Waals surface area contributed by atoms with Gasteiger partial charge in [0.1, 0.15) is 6.23 Å². The normalized spacial score (nSPS) is 24.6. The topological polar surface area (TPSA) is 78.5 Å². The van der Waals surface area contributed by atoms with Crippen molar-refractivity contribution < 1.29 is 36.6 Å². The smallest absolute Gasteiger partial charge is 0.735 e. The third-order valence-corrected chi connectivity index (χ3v) is 2.01. The largest absolute Gasteiger partial charge is 1.00 e. The molecule has 12 heavy (non-hydrogen) atoms. The molecule has 7 heteroatoms. The molecular formula is C5H10LiNO4S. The summed E-state index contributed by atoms with van der Waals surface area (Å²) in [6.45, 7) is 0.521. The predicted molar refractivity (Wildman–Crippen MR) is 36.4 cm³/mol. The van der Waals surface area contributed by atoms with Crippen molar-refractivity contribution in [3.05, 3.63) is 0 Å². The first-order valence-corrected chi connectivity index (χ1v) is 4.83. The summed E-state index contributed by atoms with van der Waals surface area (Å²) in [6, 6.07) is 0. The first kappa shape index (κ1) is 12.4. The van der Waals surface area contributed by atoms with Crippen LogP contribution in [-0.4, -0.2) is 25.8 Å². The van der Waals surface area contributed by atoms with Gasteiger partial charge in [-0.2, -0.15) is 4.72 Å². The monoisotopic (exact) mass is 187 g/mol. The van der Waals surface area contributed by atoms with Crippen LogP contribution in [0, 0.1) is 0 Å². The average Bonchev–Trinajstić information content (AvgIpc) is 1.85. The number of hydrogen-bond donors (Lipinski definition) is 1. The molecule has 1 atom stereocenters. The Morgan fingerprint density at radius 1 is 1.42 bits per heavy atom. The van der Waals surface area contributed by atoms with E-state index >= 15 is 0 Å². The van der Waals surface area contributed by atoms with E-state index in [9.17, 15) is 13.0 Å². The Hall–Kier alpha value is 0.427. The Balaban J connectivity index is 0.00000121. The van der Waals surface area contributed by atoms with Gasteiger partial charge in [-0.25, -0.2) is 8.42 Å². The number of ether oxygens (including phenoxy) is 1. The Bertz CT molecular complexity index is 211. The SMILES string of the molecule is O=S(=O)([O-])NC1CCCCO1.[Li+]. The van der Waals surface area contributed by atoms with E-state index < -0.39 is 16.5 Å². The summed E-state index contributed by atoms with van der Waals surface area (Å²) in [7, 11) is -4.35. The molecule has 0 bridgehead atoms. The van der Waals surface area contributed by atoms with Crippen LogP contribution in [0.25, 0.3) is 0 Å². The summed E-state index contributed by atoms with van der Waals surface area (Å²) in [4.78, 5) is 0. The quantitative estimate of drug-likeness (QED) is 0.360. The molecule has 66 valence electrons. The number of hydrogen-bond acceptors (Lipinski definition) is 4. The van der Waals surface area contributed by atoms with E-state index in [1.165, 1.54) is 0 Å². The van der Waals surface area contributed by atoms with Crippen LogP contribution in [0.4, 0.5) is 0 Å². The van der Waals surface area contributed by atoms with Crippen molar-refractivity contribution in [2.45, 2.75) is 25.5 Å². The van der Waals surface area contributed by atoms with Crippen LogP contribution in [-0.2, 0) is 15.0 Å². The molecule has 0 saturated carbocycles. The molecule has 0 amide bonds. The minimum absolute atomic E-state index is 0. The fourth-order valence-corrected chi connectivity index (χ4v) is 1.50. The molecule has 1 aliphatic heterocycles. The summed E-state index contributed by atoms with van der Waals surface area (Å²) in [5, 5.41) is 0. The molecule has 1 N–H and O–H groups in total. The predicted octanol–water partition coefficient (Wildman–Crippen LogP) is -3.43. The Morgan fingerprint density at radius 2 is 2.08 bits per heavy atom. The third-order valence-electron chi connectivity index (χ3n) is 1.46. The second kappa shape index (κ2) is 5.22. The average molecular weight is 187 g/mol. The summed E-state index contributed by atoms with van der Waals surface area (Å²) in [5.41, 5.74) is 0. The van der Waals surface area contributed by atoms with Gasteiger partial charge < -0.3 is 9.29 Å². The number of nitrogens with one attached hydrogen (secondary N) is 1. The zero-order chi connectivity index (χ0) is 8.32. The van der Waals surface area contributed by atoms with Crippen molar-refractivity contribution >= 4 is 10.3 Å². The summed E-state index contributed by atoms with van der Waals surface area (Å²) in [6.07, 6.45) is 1.80. The molecule has 0 spiro atoms. The zero-order valence-electron chi connectivity index (χ0n) is 6.95. The van der Waals surface area contributed by atoms with E-state index in [0.29, 0.717) is 13.0 Å². The molecular weight excluding hydrogens is 177 g/mol. The van der Waals surface area contributed by atoms with Crippen molar-refractivity contribution in [1.29, 1.82) is 0 Å². The second-order valence-corrected chi connectivity index (χ2v) is 3.57. The van der Waals surface area contributed by atoms with Crippen LogP contribution < -0.4 is 23.6 Å². The maximum atomic E-state index is 10.2. The van der Waals surface area contributed by atoms with E-state index in [2.05, 4.69) is 0 Å². The van der Waals surface area contributed by atoms with Gasteiger partial charge in [0, 0.05) is 6.61 Å². The van der Waals surface area contributed by atoms with Crippen molar-refractivity contribution in [1.82, 2.24) is 4.72 Å². The van der Waals surface area contributed by atoms with Gasteiger partial charge in [-0.15, -0.1) is 0 Å². The Labute approximate surface area is 83.9 Å². The van der Waals surface area contributed by atoms with Gasteiger partial charge in [-0.3, -0.25) is 0 Å². The van der Waals surface area contributed by atoms with Crippen LogP contribution >= 0.6 is 0 Å². The molecule has 1 aliphatic rings. The molecule has 0 aromatic rings. The summed E-state index contributed by atoms with van der Waals surface area (Å²) >= 11 is 0. The van der Waals surface area contributed by atoms with E-state index in [1.54, 1.807) is 0 Å². The number of rotatable bonds is 2. The van der Waals surface area contributed by atoms with Crippen LogP contribution in [0.5, 0.6) is 0 Å². The molecule has 0 radical (unpaired) electrons.